The third kappa shape index (κ3) is 4.65. The van der Waals surface area contributed by atoms with E-state index in [0.29, 0.717) is 25.9 Å². The summed E-state index contributed by atoms with van der Waals surface area (Å²) in [6, 6.07) is 16.4. The largest absolute Gasteiger partial charge is 0.481 e. The molecule has 1 saturated carbocycles. The van der Waals surface area contributed by atoms with Gasteiger partial charge in [-0.1, -0.05) is 48.5 Å². The van der Waals surface area contributed by atoms with Crippen LogP contribution < -0.4 is 5.32 Å². The van der Waals surface area contributed by atoms with Crippen LogP contribution in [0.1, 0.15) is 55.6 Å². The van der Waals surface area contributed by atoms with E-state index in [9.17, 15) is 14.4 Å². The maximum absolute atomic E-state index is 12.8. The zero-order chi connectivity index (χ0) is 23.7. The number of carbonyl (C=O) groups is 3. The van der Waals surface area contributed by atoms with Gasteiger partial charge in [0.15, 0.2) is 0 Å². The maximum Gasteiger partial charge on any atom is 0.407 e. The molecule has 3 aliphatic rings. The average Bonchev–Trinajstić information content (AvgIpc) is 3.50. The number of aliphatic carboxylic acids is 1. The van der Waals surface area contributed by atoms with Crippen molar-refractivity contribution in [2.24, 2.45) is 5.92 Å². The number of carboxylic acids is 1. The molecule has 0 spiro atoms. The summed E-state index contributed by atoms with van der Waals surface area (Å²) in [5, 5.41) is 11.9. The molecule has 2 aromatic rings. The van der Waals surface area contributed by atoms with E-state index in [-0.39, 0.29) is 37.2 Å². The number of amides is 2. The van der Waals surface area contributed by atoms with Crippen LogP contribution in [0.25, 0.3) is 11.1 Å². The van der Waals surface area contributed by atoms with Gasteiger partial charge in [-0.05, 0) is 53.9 Å². The number of carbonyl (C=O) groups excluding carboxylic acids is 2. The lowest BCUT2D eigenvalue weighted by atomic mass is 9.93. The summed E-state index contributed by atoms with van der Waals surface area (Å²) in [5.74, 6) is -0.628. The number of likely N-dealkylation sites (tertiary alicyclic amines) is 1. The minimum absolute atomic E-state index is 0.00188. The summed E-state index contributed by atoms with van der Waals surface area (Å²) >= 11 is 0. The zero-order valence-corrected chi connectivity index (χ0v) is 19.2. The van der Waals surface area contributed by atoms with Crippen molar-refractivity contribution < 1.29 is 24.2 Å². The lowest BCUT2D eigenvalue weighted by Gasteiger charge is -2.32. The normalized spacial score (nSPS) is 18.6. The van der Waals surface area contributed by atoms with Crippen LogP contribution in [0.3, 0.4) is 0 Å². The Morgan fingerprint density at radius 1 is 0.971 bits per heavy atom. The number of hydrogen-bond donors (Lipinski definition) is 2. The van der Waals surface area contributed by atoms with Gasteiger partial charge >= 0.3 is 12.1 Å². The van der Waals surface area contributed by atoms with Gasteiger partial charge in [0, 0.05) is 25.4 Å². The Balaban J connectivity index is 1.14. The highest BCUT2D eigenvalue weighted by molar-refractivity contribution is 5.81. The van der Waals surface area contributed by atoms with Gasteiger partial charge in [0.25, 0.3) is 0 Å². The first kappa shape index (κ1) is 22.4. The van der Waals surface area contributed by atoms with Crippen molar-refractivity contribution >= 4 is 18.0 Å². The predicted octanol–water partition coefficient (Wildman–Crippen LogP) is 4.16. The third-order valence-corrected chi connectivity index (χ3v) is 7.48. The van der Waals surface area contributed by atoms with E-state index in [2.05, 4.69) is 29.6 Å². The third-order valence-electron chi connectivity index (χ3n) is 7.48. The number of alkyl carbamates (subject to hydrolysis) is 1. The maximum atomic E-state index is 12.8. The monoisotopic (exact) mass is 462 g/mol. The topological polar surface area (TPSA) is 95.9 Å². The van der Waals surface area contributed by atoms with Crippen LogP contribution in [0, 0.1) is 5.92 Å². The van der Waals surface area contributed by atoms with Crippen molar-refractivity contribution in [3.63, 3.8) is 0 Å². The van der Waals surface area contributed by atoms with Crippen molar-refractivity contribution in [3.05, 3.63) is 59.7 Å². The molecule has 1 saturated heterocycles. The second-order valence-corrected chi connectivity index (χ2v) is 9.83. The van der Waals surface area contributed by atoms with Gasteiger partial charge < -0.3 is 20.1 Å². The molecular weight excluding hydrogens is 432 g/mol. The first-order valence-electron chi connectivity index (χ1n) is 12.1. The summed E-state index contributed by atoms with van der Waals surface area (Å²) in [6.45, 7) is 1.41. The summed E-state index contributed by atoms with van der Waals surface area (Å²) in [5.41, 5.74) is 4.18. The number of hydrogen-bond acceptors (Lipinski definition) is 4. The minimum Gasteiger partial charge on any atom is -0.481 e. The summed E-state index contributed by atoms with van der Waals surface area (Å²) in [4.78, 5) is 38.2. The van der Waals surface area contributed by atoms with Gasteiger partial charge in [0.2, 0.25) is 5.91 Å². The Bertz CT molecular complexity index is 1060. The fourth-order valence-electron chi connectivity index (χ4n) is 5.38. The fraction of sp³-hybridized carbons (Fsp3) is 0.444. The zero-order valence-electron chi connectivity index (χ0n) is 19.2. The molecule has 2 fully saturated rings. The van der Waals surface area contributed by atoms with Crippen LogP contribution in [0.15, 0.2) is 48.5 Å². The standard InChI is InChI=1S/C27H30N2O5/c30-24(29-13-9-18(10-14-29)15-25(31)32)16-27(11-12-27)28-26(33)34-17-23-21-7-3-1-5-19(21)20-6-2-4-8-22(20)23/h1-8,18,23H,9-17H2,(H,28,33)(H,31,32). The molecule has 5 rings (SSSR count). The number of fused-ring (bicyclic) bond motifs is 3. The molecule has 1 aliphatic heterocycles. The molecule has 2 aliphatic carbocycles. The van der Waals surface area contributed by atoms with Crippen LogP contribution in [-0.4, -0.2) is 53.2 Å². The van der Waals surface area contributed by atoms with Crippen LogP contribution in [0.5, 0.6) is 0 Å². The van der Waals surface area contributed by atoms with Crippen molar-refractivity contribution in [1.82, 2.24) is 10.2 Å². The molecule has 7 nitrogen and oxygen atoms in total. The lowest BCUT2D eigenvalue weighted by Crippen LogP contribution is -2.45. The van der Waals surface area contributed by atoms with Crippen molar-refractivity contribution in [1.29, 1.82) is 0 Å². The molecule has 2 aromatic carbocycles. The number of ether oxygens (including phenoxy) is 1. The highest BCUT2D eigenvalue weighted by Crippen LogP contribution is 2.45. The van der Waals surface area contributed by atoms with Crippen LogP contribution in [-0.2, 0) is 14.3 Å². The van der Waals surface area contributed by atoms with E-state index in [1.807, 2.05) is 24.3 Å². The molecule has 0 atom stereocenters. The molecule has 2 N–H and O–H groups in total. The van der Waals surface area contributed by atoms with Crippen molar-refractivity contribution in [2.45, 2.75) is 50.0 Å². The molecule has 0 radical (unpaired) electrons. The van der Waals surface area contributed by atoms with Crippen LogP contribution in [0.2, 0.25) is 0 Å². The second kappa shape index (κ2) is 9.12. The Hall–Kier alpha value is -3.35. The van der Waals surface area contributed by atoms with Gasteiger partial charge in [0.1, 0.15) is 6.61 Å². The number of nitrogens with one attached hydrogen (secondary N) is 1. The number of benzene rings is 2. The quantitative estimate of drug-likeness (QED) is 0.644. The number of nitrogens with zero attached hydrogens (tertiary/aromatic N) is 1. The molecule has 0 aromatic heterocycles. The first-order chi connectivity index (χ1) is 16.4. The number of rotatable bonds is 7. The van der Waals surface area contributed by atoms with E-state index < -0.39 is 17.6 Å². The molecule has 1 heterocycles. The van der Waals surface area contributed by atoms with Crippen molar-refractivity contribution in [2.75, 3.05) is 19.7 Å². The number of piperidine rings is 1. The summed E-state index contributed by atoms with van der Waals surface area (Å²) < 4.78 is 5.66. The van der Waals surface area contributed by atoms with E-state index >= 15 is 0 Å². The van der Waals surface area contributed by atoms with E-state index in [1.165, 1.54) is 22.3 Å². The molecule has 178 valence electrons. The van der Waals surface area contributed by atoms with E-state index in [0.717, 1.165) is 12.8 Å². The van der Waals surface area contributed by atoms with Gasteiger partial charge in [-0.2, -0.15) is 0 Å². The highest BCUT2D eigenvalue weighted by atomic mass is 16.5. The first-order valence-corrected chi connectivity index (χ1v) is 12.1. The van der Waals surface area contributed by atoms with Crippen LogP contribution >= 0.6 is 0 Å². The molecular formula is C27H30N2O5. The SMILES string of the molecule is O=C(O)CC1CCN(C(=O)CC2(NC(=O)OCC3c4ccccc4-c4ccccc43)CC2)CC1. The molecule has 0 bridgehead atoms. The van der Waals surface area contributed by atoms with Gasteiger partial charge in [0.05, 0.1) is 12.0 Å². The van der Waals surface area contributed by atoms with E-state index in [1.54, 1.807) is 4.90 Å². The minimum atomic E-state index is -0.783. The Kier molecular flexibility index (Phi) is 6.02. The van der Waals surface area contributed by atoms with E-state index in [4.69, 9.17) is 9.84 Å². The smallest absolute Gasteiger partial charge is 0.407 e. The Labute approximate surface area is 199 Å². The van der Waals surface area contributed by atoms with Gasteiger partial charge in [-0.3, -0.25) is 9.59 Å². The average molecular weight is 463 g/mol. The van der Waals surface area contributed by atoms with Crippen molar-refractivity contribution in [3.8, 4) is 11.1 Å². The highest BCUT2D eigenvalue weighted by Gasteiger charge is 2.47. The van der Waals surface area contributed by atoms with Crippen LogP contribution in [0.4, 0.5) is 4.79 Å². The Morgan fingerprint density at radius 2 is 1.56 bits per heavy atom. The molecule has 34 heavy (non-hydrogen) atoms. The van der Waals surface area contributed by atoms with Gasteiger partial charge in [-0.15, -0.1) is 0 Å². The predicted molar refractivity (Wildman–Crippen MR) is 126 cm³/mol. The molecule has 2 amide bonds. The molecule has 7 heteroatoms. The number of carboxylic acid groups (broad SMARTS) is 1. The fourth-order valence-corrected chi connectivity index (χ4v) is 5.38. The summed E-state index contributed by atoms with van der Waals surface area (Å²) in [7, 11) is 0. The lowest BCUT2D eigenvalue weighted by molar-refractivity contribution is -0.138. The summed E-state index contributed by atoms with van der Waals surface area (Å²) in [6.07, 6.45) is 2.90. The second-order valence-electron chi connectivity index (χ2n) is 9.83. The van der Waals surface area contributed by atoms with Gasteiger partial charge in [-0.25, -0.2) is 4.79 Å². The Morgan fingerprint density at radius 3 is 2.12 bits per heavy atom. The molecule has 0 unspecified atom stereocenters.